The first-order valence-corrected chi connectivity index (χ1v) is 9.87. The second kappa shape index (κ2) is 9.21. The molecule has 0 N–H and O–H groups in total. The second-order valence-electron chi connectivity index (χ2n) is 7.38. The summed E-state index contributed by atoms with van der Waals surface area (Å²) < 4.78 is 55.3. The summed E-state index contributed by atoms with van der Waals surface area (Å²) in [4.78, 5) is 19.7. The molecule has 1 heterocycles. The molecule has 32 heavy (non-hydrogen) atoms. The molecule has 1 atom stereocenters. The summed E-state index contributed by atoms with van der Waals surface area (Å²) in [7, 11) is 0. The molecule has 0 saturated heterocycles. The Bertz CT molecular complexity index is 1180. The molecular weight excluding hydrogens is 424 g/mol. The van der Waals surface area contributed by atoms with Gasteiger partial charge >= 0.3 is 0 Å². The first-order valence-electron chi connectivity index (χ1n) is 9.87. The van der Waals surface area contributed by atoms with Crippen LogP contribution in [0.1, 0.15) is 27.9 Å². The molecule has 0 unspecified atom stereocenters. The van der Waals surface area contributed by atoms with E-state index in [1.165, 1.54) is 41.3 Å². The normalized spacial score (nSPS) is 15.2. The molecule has 4 nitrogen and oxygen atoms in total. The van der Waals surface area contributed by atoms with Gasteiger partial charge in [-0.05, 0) is 30.3 Å². The molecule has 0 aliphatic carbocycles. The van der Waals surface area contributed by atoms with Crippen LogP contribution in [-0.2, 0) is 11.4 Å². The highest BCUT2D eigenvalue weighted by Crippen LogP contribution is 2.22. The average Bonchev–Trinajstić information content (AvgIpc) is 3.23. The standard InChI is InChI=1S/C24H18F4N2O2/c25-17-5-3-4-15(10-17)23-12-19(32-29-23)14-30(13-16-8-9-18(26)11-22(16)28)24(31)20-6-1-2-7-21(20)27/h1-11,19H,12-14H2/t19-/m1/s1. The van der Waals surface area contributed by atoms with Crippen LogP contribution in [0.4, 0.5) is 17.6 Å². The van der Waals surface area contributed by atoms with Crippen LogP contribution in [0.5, 0.6) is 0 Å². The van der Waals surface area contributed by atoms with Gasteiger partial charge in [-0.25, -0.2) is 17.6 Å². The monoisotopic (exact) mass is 442 g/mol. The van der Waals surface area contributed by atoms with E-state index in [9.17, 15) is 22.4 Å². The van der Waals surface area contributed by atoms with Crippen LogP contribution in [0, 0.1) is 23.3 Å². The minimum absolute atomic E-state index is 0.0354. The lowest BCUT2D eigenvalue weighted by Crippen LogP contribution is -2.38. The van der Waals surface area contributed by atoms with Crippen molar-refractivity contribution in [1.29, 1.82) is 0 Å². The first kappa shape index (κ1) is 21.5. The summed E-state index contributed by atoms with van der Waals surface area (Å²) in [5, 5.41) is 3.98. The smallest absolute Gasteiger partial charge is 0.257 e. The molecule has 1 aliphatic rings. The Hall–Kier alpha value is -3.68. The summed E-state index contributed by atoms with van der Waals surface area (Å²) in [5.74, 6) is -3.37. The molecule has 0 aromatic heterocycles. The third kappa shape index (κ3) is 4.80. The highest BCUT2D eigenvalue weighted by atomic mass is 19.1. The SMILES string of the molecule is O=C(c1ccccc1F)N(Cc1ccc(F)cc1F)C[C@H]1CC(c2cccc(F)c2)=NO1. The number of benzene rings is 3. The molecule has 0 fully saturated rings. The Balaban J connectivity index is 1.55. The van der Waals surface area contributed by atoms with Gasteiger partial charge in [-0.15, -0.1) is 0 Å². The number of nitrogens with zero attached hydrogens (tertiary/aromatic N) is 2. The zero-order chi connectivity index (χ0) is 22.7. The van der Waals surface area contributed by atoms with E-state index in [4.69, 9.17) is 4.84 Å². The Kier molecular flexibility index (Phi) is 6.20. The van der Waals surface area contributed by atoms with Gasteiger partial charge in [-0.2, -0.15) is 0 Å². The lowest BCUT2D eigenvalue weighted by Gasteiger charge is -2.25. The number of carbonyl (C=O) groups is 1. The van der Waals surface area contributed by atoms with E-state index in [1.54, 1.807) is 12.1 Å². The van der Waals surface area contributed by atoms with Crippen molar-refractivity contribution in [1.82, 2.24) is 4.90 Å². The number of amides is 1. The van der Waals surface area contributed by atoms with E-state index in [2.05, 4.69) is 5.16 Å². The predicted molar refractivity (Wildman–Crippen MR) is 110 cm³/mol. The van der Waals surface area contributed by atoms with Crippen LogP contribution in [0.2, 0.25) is 0 Å². The summed E-state index contributed by atoms with van der Waals surface area (Å²) in [6.45, 7) is -0.263. The molecule has 4 rings (SSSR count). The Labute approximate surface area is 181 Å². The molecule has 3 aromatic rings. The maximum absolute atomic E-state index is 14.2. The predicted octanol–water partition coefficient (Wildman–Crippen LogP) is 5.08. The van der Waals surface area contributed by atoms with Crippen LogP contribution in [0.15, 0.2) is 71.9 Å². The maximum atomic E-state index is 14.2. The van der Waals surface area contributed by atoms with Gasteiger partial charge in [0.25, 0.3) is 5.91 Å². The van der Waals surface area contributed by atoms with Gasteiger partial charge in [0, 0.05) is 30.2 Å². The zero-order valence-electron chi connectivity index (χ0n) is 16.8. The fourth-order valence-electron chi connectivity index (χ4n) is 3.49. The molecule has 0 saturated carbocycles. The van der Waals surface area contributed by atoms with E-state index in [0.29, 0.717) is 11.3 Å². The van der Waals surface area contributed by atoms with Crippen molar-refractivity contribution in [2.75, 3.05) is 6.54 Å². The number of rotatable bonds is 6. The van der Waals surface area contributed by atoms with Crippen molar-refractivity contribution in [2.24, 2.45) is 5.16 Å². The zero-order valence-corrected chi connectivity index (χ0v) is 16.8. The third-order valence-corrected chi connectivity index (χ3v) is 5.08. The largest absolute Gasteiger partial charge is 0.390 e. The summed E-state index contributed by atoms with van der Waals surface area (Å²) in [5.41, 5.74) is 0.935. The van der Waals surface area contributed by atoms with Gasteiger partial charge in [0.2, 0.25) is 0 Å². The van der Waals surface area contributed by atoms with Gasteiger partial charge in [-0.3, -0.25) is 4.79 Å². The number of carbonyl (C=O) groups excluding carboxylic acids is 1. The van der Waals surface area contributed by atoms with Crippen LogP contribution >= 0.6 is 0 Å². The third-order valence-electron chi connectivity index (χ3n) is 5.08. The molecule has 3 aromatic carbocycles. The van der Waals surface area contributed by atoms with Crippen molar-refractivity contribution >= 4 is 11.6 Å². The summed E-state index contributed by atoms with van der Waals surface area (Å²) in [6, 6.07) is 14.4. The van der Waals surface area contributed by atoms with E-state index in [1.807, 2.05) is 0 Å². The van der Waals surface area contributed by atoms with Crippen LogP contribution < -0.4 is 0 Å². The molecule has 1 amide bonds. The number of hydrogen-bond acceptors (Lipinski definition) is 3. The topological polar surface area (TPSA) is 41.9 Å². The van der Waals surface area contributed by atoms with Gasteiger partial charge in [0.05, 0.1) is 17.8 Å². The Morgan fingerprint density at radius 1 is 0.938 bits per heavy atom. The number of hydrogen-bond donors (Lipinski definition) is 0. The molecular formula is C24H18F4N2O2. The molecule has 0 radical (unpaired) electrons. The van der Waals surface area contributed by atoms with E-state index in [0.717, 1.165) is 18.2 Å². The molecule has 1 aliphatic heterocycles. The molecule has 0 bridgehead atoms. The van der Waals surface area contributed by atoms with Gasteiger partial charge in [0.15, 0.2) is 6.10 Å². The van der Waals surface area contributed by atoms with Gasteiger partial charge in [0.1, 0.15) is 23.3 Å². The van der Waals surface area contributed by atoms with Crippen LogP contribution in [-0.4, -0.2) is 29.2 Å². The summed E-state index contributed by atoms with van der Waals surface area (Å²) in [6.07, 6.45) is -0.330. The van der Waals surface area contributed by atoms with Crippen molar-refractivity contribution in [2.45, 2.75) is 19.1 Å². The van der Waals surface area contributed by atoms with Crippen LogP contribution in [0.25, 0.3) is 0 Å². The fraction of sp³-hybridized carbons (Fsp3) is 0.167. The average molecular weight is 442 g/mol. The van der Waals surface area contributed by atoms with Crippen molar-refractivity contribution in [3.05, 3.63) is 107 Å². The van der Waals surface area contributed by atoms with E-state index >= 15 is 0 Å². The number of oxime groups is 1. The minimum Gasteiger partial charge on any atom is -0.390 e. The highest BCUT2D eigenvalue weighted by Gasteiger charge is 2.29. The second-order valence-corrected chi connectivity index (χ2v) is 7.38. The fourth-order valence-corrected chi connectivity index (χ4v) is 3.49. The van der Waals surface area contributed by atoms with Gasteiger partial charge in [-0.1, -0.05) is 35.5 Å². The first-order chi connectivity index (χ1) is 15.4. The van der Waals surface area contributed by atoms with Crippen LogP contribution in [0.3, 0.4) is 0 Å². The lowest BCUT2D eigenvalue weighted by atomic mass is 10.0. The summed E-state index contributed by atoms with van der Waals surface area (Å²) >= 11 is 0. The Morgan fingerprint density at radius 2 is 1.72 bits per heavy atom. The van der Waals surface area contributed by atoms with Crippen molar-refractivity contribution < 1.29 is 27.2 Å². The molecule has 0 spiro atoms. The lowest BCUT2D eigenvalue weighted by molar-refractivity contribution is 0.0400. The molecule has 164 valence electrons. The quantitative estimate of drug-likeness (QED) is 0.500. The van der Waals surface area contributed by atoms with Crippen molar-refractivity contribution in [3.8, 4) is 0 Å². The van der Waals surface area contributed by atoms with Gasteiger partial charge < -0.3 is 9.74 Å². The Morgan fingerprint density at radius 3 is 2.47 bits per heavy atom. The van der Waals surface area contributed by atoms with E-state index < -0.39 is 35.3 Å². The van der Waals surface area contributed by atoms with E-state index in [-0.39, 0.29) is 30.6 Å². The molecule has 8 heteroatoms. The van der Waals surface area contributed by atoms with Crippen molar-refractivity contribution in [3.63, 3.8) is 0 Å². The number of halogens is 4. The minimum atomic E-state index is -0.819. The highest BCUT2D eigenvalue weighted by molar-refractivity contribution is 6.01. The maximum Gasteiger partial charge on any atom is 0.257 e.